The molecular weight excluding hydrogens is 242 g/mol. The summed E-state index contributed by atoms with van der Waals surface area (Å²) in [7, 11) is 0. The third-order valence-electron chi connectivity index (χ3n) is 1.92. The van der Waals surface area contributed by atoms with E-state index >= 15 is 0 Å². The summed E-state index contributed by atoms with van der Waals surface area (Å²) < 4.78 is 51.7. The zero-order valence-electron chi connectivity index (χ0n) is 8.48. The molecule has 0 radical (unpaired) electrons. The first-order chi connectivity index (χ1) is 7.97. The topological polar surface area (TPSA) is 70.6 Å². The second-order valence-corrected chi connectivity index (χ2v) is 3.11. The van der Waals surface area contributed by atoms with Crippen LogP contribution in [0, 0.1) is 23.3 Å². The quantitative estimate of drug-likeness (QED) is 0.191. The Hall–Kier alpha value is -1.99. The lowest BCUT2D eigenvalue weighted by Gasteiger charge is -2.09. The van der Waals surface area contributed by atoms with Crippen LogP contribution in [0.2, 0.25) is 0 Å². The van der Waals surface area contributed by atoms with Crippen LogP contribution in [0.3, 0.4) is 0 Å². The van der Waals surface area contributed by atoms with Crippen molar-refractivity contribution in [3.05, 3.63) is 29.3 Å². The van der Waals surface area contributed by atoms with Crippen molar-refractivity contribution >= 4 is 11.5 Å². The van der Waals surface area contributed by atoms with E-state index in [0.29, 0.717) is 0 Å². The van der Waals surface area contributed by atoms with E-state index in [9.17, 15) is 17.6 Å². The second-order valence-electron chi connectivity index (χ2n) is 3.11. The minimum Gasteiger partial charge on any atom is -0.409 e. The maximum Gasteiger partial charge on any atom is 0.185 e. The Kier molecular flexibility index (Phi) is 4.13. The molecule has 0 aliphatic heterocycles. The van der Waals surface area contributed by atoms with Gasteiger partial charge in [-0.25, -0.2) is 17.6 Å². The van der Waals surface area contributed by atoms with Gasteiger partial charge in [0, 0.05) is 19.0 Å². The Morgan fingerprint density at radius 3 is 2.24 bits per heavy atom. The van der Waals surface area contributed by atoms with E-state index in [2.05, 4.69) is 10.5 Å². The van der Waals surface area contributed by atoms with Gasteiger partial charge in [-0.05, 0) is 0 Å². The van der Waals surface area contributed by atoms with Crippen molar-refractivity contribution in [3.8, 4) is 0 Å². The fraction of sp³-hybridized carbons (Fsp3) is 0.222. The van der Waals surface area contributed by atoms with Crippen molar-refractivity contribution in [2.45, 2.75) is 6.42 Å². The zero-order valence-corrected chi connectivity index (χ0v) is 8.48. The highest BCUT2D eigenvalue weighted by atomic mass is 19.2. The molecule has 0 amide bonds. The van der Waals surface area contributed by atoms with Crippen molar-refractivity contribution < 1.29 is 22.8 Å². The summed E-state index contributed by atoms with van der Waals surface area (Å²) in [6, 6.07) is 0.111. The standard InChI is InChI=1S/C9H9F4N3O/c10-4-3-5(11)8(13)9(7(4)12)15-2-1-6(14)16-17/h3,15,17H,1-2H2,(H2,14,16). The molecular formula is C9H9F4N3O. The van der Waals surface area contributed by atoms with E-state index in [1.807, 2.05) is 0 Å². The van der Waals surface area contributed by atoms with Gasteiger partial charge in [0.1, 0.15) is 11.5 Å². The van der Waals surface area contributed by atoms with Gasteiger partial charge in [0.2, 0.25) is 0 Å². The molecule has 0 aliphatic rings. The predicted molar refractivity (Wildman–Crippen MR) is 52.8 cm³/mol. The van der Waals surface area contributed by atoms with Gasteiger partial charge in [-0.15, -0.1) is 0 Å². The molecule has 0 fully saturated rings. The van der Waals surface area contributed by atoms with Gasteiger partial charge in [0.15, 0.2) is 23.3 Å². The molecule has 0 aromatic heterocycles. The Morgan fingerprint density at radius 1 is 1.24 bits per heavy atom. The molecule has 8 heteroatoms. The molecule has 0 atom stereocenters. The van der Waals surface area contributed by atoms with Crippen LogP contribution in [0.15, 0.2) is 11.2 Å². The fourth-order valence-corrected chi connectivity index (χ4v) is 1.09. The van der Waals surface area contributed by atoms with Gasteiger partial charge >= 0.3 is 0 Å². The maximum absolute atomic E-state index is 13.1. The highest BCUT2D eigenvalue weighted by Gasteiger charge is 2.18. The highest BCUT2D eigenvalue weighted by molar-refractivity contribution is 5.80. The predicted octanol–water partition coefficient (Wildman–Crippen LogP) is 1.79. The van der Waals surface area contributed by atoms with Crippen molar-refractivity contribution in [1.82, 2.24) is 0 Å². The molecule has 0 saturated heterocycles. The van der Waals surface area contributed by atoms with E-state index in [4.69, 9.17) is 10.9 Å². The minimum atomic E-state index is -1.52. The molecule has 94 valence electrons. The molecule has 4 nitrogen and oxygen atoms in total. The number of anilines is 1. The molecule has 1 aromatic carbocycles. The lowest BCUT2D eigenvalue weighted by molar-refractivity contribution is 0.317. The Labute approximate surface area is 93.7 Å². The summed E-state index contributed by atoms with van der Waals surface area (Å²) >= 11 is 0. The first kappa shape index (κ1) is 13.1. The summed E-state index contributed by atoms with van der Waals surface area (Å²) in [6.45, 7) is -0.146. The minimum absolute atomic E-state index is 0.0481. The number of hydrogen-bond donors (Lipinski definition) is 3. The van der Waals surface area contributed by atoms with E-state index in [-0.39, 0.29) is 24.9 Å². The normalized spacial score (nSPS) is 11.6. The number of nitrogens with one attached hydrogen (secondary N) is 1. The van der Waals surface area contributed by atoms with Crippen LogP contribution in [0.4, 0.5) is 23.2 Å². The molecule has 4 N–H and O–H groups in total. The van der Waals surface area contributed by atoms with Crippen molar-refractivity contribution in [2.75, 3.05) is 11.9 Å². The summed E-state index contributed by atoms with van der Waals surface area (Å²) in [4.78, 5) is 0. The Balaban J connectivity index is 2.84. The lowest BCUT2D eigenvalue weighted by atomic mass is 10.2. The van der Waals surface area contributed by atoms with Crippen molar-refractivity contribution in [3.63, 3.8) is 0 Å². The number of amidine groups is 1. The lowest BCUT2D eigenvalue weighted by Crippen LogP contribution is -2.18. The van der Waals surface area contributed by atoms with Crippen molar-refractivity contribution in [2.24, 2.45) is 10.9 Å². The average Bonchev–Trinajstić information content (AvgIpc) is 2.30. The smallest absolute Gasteiger partial charge is 0.185 e. The third-order valence-corrected chi connectivity index (χ3v) is 1.92. The second kappa shape index (κ2) is 5.37. The SMILES string of the molecule is N/C(CCNc1c(F)c(F)cc(F)c1F)=N/O. The number of nitrogens with zero attached hydrogens (tertiary/aromatic N) is 1. The van der Waals surface area contributed by atoms with Gasteiger partial charge in [0.05, 0.1) is 0 Å². The summed E-state index contributed by atoms with van der Waals surface area (Å²) in [5.74, 6) is -6.24. The van der Waals surface area contributed by atoms with E-state index in [1.165, 1.54) is 0 Å². The van der Waals surface area contributed by atoms with Gasteiger partial charge in [-0.3, -0.25) is 0 Å². The highest BCUT2D eigenvalue weighted by Crippen LogP contribution is 2.23. The average molecular weight is 251 g/mol. The van der Waals surface area contributed by atoms with E-state index in [0.717, 1.165) is 0 Å². The fourth-order valence-electron chi connectivity index (χ4n) is 1.09. The number of rotatable bonds is 4. The van der Waals surface area contributed by atoms with Gasteiger partial charge in [-0.2, -0.15) is 0 Å². The van der Waals surface area contributed by atoms with Crippen LogP contribution < -0.4 is 11.1 Å². The van der Waals surface area contributed by atoms with Gasteiger partial charge in [0.25, 0.3) is 0 Å². The molecule has 1 aromatic rings. The molecule has 0 bridgehead atoms. The summed E-state index contributed by atoms with van der Waals surface area (Å²) in [6.07, 6.45) is -0.0481. The van der Waals surface area contributed by atoms with E-state index in [1.54, 1.807) is 0 Å². The van der Waals surface area contributed by atoms with Crippen LogP contribution in [-0.2, 0) is 0 Å². The number of oxime groups is 1. The molecule has 0 unspecified atom stereocenters. The zero-order chi connectivity index (χ0) is 13.0. The van der Waals surface area contributed by atoms with Gasteiger partial charge < -0.3 is 16.3 Å². The van der Waals surface area contributed by atoms with Crippen LogP contribution in [0.25, 0.3) is 0 Å². The molecule has 0 aliphatic carbocycles. The molecule has 17 heavy (non-hydrogen) atoms. The first-order valence-corrected chi connectivity index (χ1v) is 4.50. The summed E-state index contributed by atoms with van der Waals surface area (Å²) in [5, 5.41) is 12.9. The molecule has 0 spiro atoms. The number of nitrogens with two attached hydrogens (primary N) is 1. The first-order valence-electron chi connectivity index (χ1n) is 4.50. The van der Waals surface area contributed by atoms with Crippen LogP contribution in [-0.4, -0.2) is 17.6 Å². The maximum atomic E-state index is 13.1. The number of halogens is 4. The third kappa shape index (κ3) is 2.99. The monoisotopic (exact) mass is 251 g/mol. The Bertz CT molecular complexity index is 424. The molecule has 0 heterocycles. The van der Waals surface area contributed by atoms with E-state index < -0.39 is 29.0 Å². The van der Waals surface area contributed by atoms with Gasteiger partial charge in [-0.1, -0.05) is 5.16 Å². The Morgan fingerprint density at radius 2 is 1.76 bits per heavy atom. The van der Waals surface area contributed by atoms with Crippen molar-refractivity contribution in [1.29, 1.82) is 0 Å². The van der Waals surface area contributed by atoms with Crippen LogP contribution in [0.1, 0.15) is 6.42 Å². The van der Waals surface area contributed by atoms with Crippen LogP contribution in [0.5, 0.6) is 0 Å². The largest absolute Gasteiger partial charge is 0.409 e. The number of benzene rings is 1. The van der Waals surface area contributed by atoms with Crippen LogP contribution >= 0.6 is 0 Å². The summed E-state index contributed by atoms with van der Waals surface area (Å²) in [5.41, 5.74) is 4.17. The molecule has 0 saturated carbocycles. The number of hydrogen-bond acceptors (Lipinski definition) is 3. The molecule has 1 rings (SSSR count).